The summed E-state index contributed by atoms with van der Waals surface area (Å²) in [5, 5.41) is 0. The van der Waals surface area contributed by atoms with Gasteiger partial charge in [-0.2, -0.15) is 0 Å². The Morgan fingerprint density at radius 2 is 2.07 bits per heavy atom. The standard InChI is InChI=1S/C10H12ClF2N/c1-14(7-11)5-4-8-2-3-9(12)6-10(8)13/h2-3,6H,4-5,7H2,1H3. The number of hydrogen-bond acceptors (Lipinski definition) is 1. The first kappa shape index (κ1) is 11.4. The summed E-state index contributed by atoms with van der Waals surface area (Å²) >= 11 is 5.56. The lowest BCUT2D eigenvalue weighted by atomic mass is 10.1. The van der Waals surface area contributed by atoms with Gasteiger partial charge in [0.15, 0.2) is 0 Å². The molecule has 0 radical (unpaired) electrons. The van der Waals surface area contributed by atoms with Gasteiger partial charge in [0.25, 0.3) is 0 Å². The number of alkyl halides is 1. The normalized spacial score (nSPS) is 10.9. The molecule has 0 aromatic heterocycles. The van der Waals surface area contributed by atoms with Gasteiger partial charge >= 0.3 is 0 Å². The first-order chi connectivity index (χ1) is 6.63. The van der Waals surface area contributed by atoms with Crippen LogP contribution in [-0.4, -0.2) is 24.5 Å². The third kappa shape index (κ3) is 3.24. The first-order valence-electron chi connectivity index (χ1n) is 4.32. The van der Waals surface area contributed by atoms with Crippen molar-refractivity contribution in [1.29, 1.82) is 0 Å². The van der Waals surface area contributed by atoms with E-state index in [9.17, 15) is 8.78 Å². The van der Waals surface area contributed by atoms with Crippen molar-refractivity contribution in [3.63, 3.8) is 0 Å². The van der Waals surface area contributed by atoms with Crippen molar-refractivity contribution in [2.75, 3.05) is 19.6 Å². The minimum absolute atomic E-state index is 0.406. The fourth-order valence-corrected chi connectivity index (χ4v) is 1.22. The molecule has 1 aromatic rings. The Bertz CT molecular complexity index is 304. The Hall–Kier alpha value is -0.670. The van der Waals surface area contributed by atoms with Crippen molar-refractivity contribution in [2.45, 2.75) is 6.42 Å². The Labute approximate surface area is 87.3 Å². The molecular weight excluding hydrogens is 208 g/mol. The highest BCUT2D eigenvalue weighted by Gasteiger charge is 2.04. The van der Waals surface area contributed by atoms with Crippen LogP contribution in [0.2, 0.25) is 0 Å². The molecule has 0 unspecified atom stereocenters. The zero-order chi connectivity index (χ0) is 10.6. The van der Waals surface area contributed by atoms with Crippen molar-refractivity contribution in [1.82, 2.24) is 4.90 Å². The second-order valence-electron chi connectivity index (χ2n) is 3.18. The predicted molar refractivity (Wildman–Crippen MR) is 53.4 cm³/mol. The lowest BCUT2D eigenvalue weighted by Crippen LogP contribution is -2.19. The molecule has 78 valence electrons. The van der Waals surface area contributed by atoms with Crippen molar-refractivity contribution in [3.8, 4) is 0 Å². The maximum absolute atomic E-state index is 13.1. The fraction of sp³-hybridized carbons (Fsp3) is 0.400. The molecule has 0 saturated carbocycles. The molecule has 0 aliphatic heterocycles. The van der Waals surface area contributed by atoms with Gasteiger partial charge in [-0.3, -0.25) is 4.90 Å². The van der Waals surface area contributed by atoms with Crippen molar-refractivity contribution in [2.24, 2.45) is 0 Å². The molecule has 0 bridgehead atoms. The van der Waals surface area contributed by atoms with E-state index in [4.69, 9.17) is 11.6 Å². The van der Waals surface area contributed by atoms with Gasteiger partial charge in [-0.1, -0.05) is 6.07 Å². The van der Waals surface area contributed by atoms with Crippen molar-refractivity contribution >= 4 is 11.6 Å². The van der Waals surface area contributed by atoms with E-state index in [1.807, 2.05) is 11.9 Å². The van der Waals surface area contributed by atoms with Crippen LogP contribution < -0.4 is 0 Å². The molecule has 0 amide bonds. The van der Waals surface area contributed by atoms with Crippen molar-refractivity contribution < 1.29 is 8.78 Å². The van der Waals surface area contributed by atoms with Crippen LogP contribution in [0.1, 0.15) is 5.56 Å². The molecule has 0 aliphatic carbocycles. The summed E-state index contributed by atoms with van der Waals surface area (Å²) in [5.74, 6) is -1.04. The van der Waals surface area contributed by atoms with E-state index in [-0.39, 0.29) is 0 Å². The Morgan fingerprint density at radius 3 is 2.64 bits per heavy atom. The fourth-order valence-electron chi connectivity index (χ4n) is 1.10. The average molecular weight is 220 g/mol. The second-order valence-corrected chi connectivity index (χ2v) is 3.42. The highest BCUT2D eigenvalue weighted by molar-refractivity contribution is 6.17. The Balaban J connectivity index is 2.59. The van der Waals surface area contributed by atoms with E-state index in [1.165, 1.54) is 12.1 Å². The van der Waals surface area contributed by atoms with Gasteiger partial charge in [0.05, 0.1) is 6.00 Å². The Kier molecular flexibility index (Phi) is 4.29. The maximum Gasteiger partial charge on any atom is 0.129 e. The first-order valence-corrected chi connectivity index (χ1v) is 4.85. The lowest BCUT2D eigenvalue weighted by molar-refractivity contribution is 0.391. The molecule has 14 heavy (non-hydrogen) atoms. The highest BCUT2D eigenvalue weighted by atomic mass is 35.5. The zero-order valence-electron chi connectivity index (χ0n) is 7.93. The van der Waals surface area contributed by atoms with Gasteiger partial charge in [-0.25, -0.2) is 8.78 Å². The summed E-state index contributed by atoms with van der Waals surface area (Å²) in [7, 11) is 1.84. The number of hydrogen-bond donors (Lipinski definition) is 0. The molecule has 0 atom stereocenters. The SMILES string of the molecule is CN(CCl)CCc1ccc(F)cc1F. The topological polar surface area (TPSA) is 3.24 Å². The molecule has 0 saturated heterocycles. The van der Waals surface area contributed by atoms with E-state index >= 15 is 0 Å². The summed E-state index contributed by atoms with van der Waals surface area (Å²) in [6.07, 6.45) is 0.537. The van der Waals surface area contributed by atoms with Crippen LogP contribution in [0.25, 0.3) is 0 Å². The van der Waals surface area contributed by atoms with E-state index in [1.54, 1.807) is 0 Å². The molecule has 0 aliphatic rings. The third-order valence-corrected chi connectivity index (χ3v) is 2.39. The number of halogens is 3. The minimum Gasteiger partial charge on any atom is -0.293 e. The van der Waals surface area contributed by atoms with E-state index in [0.29, 0.717) is 24.5 Å². The van der Waals surface area contributed by atoms with E-state index in [0.717, 1.165) is 6.07 Å². The molecule has 1 nitrogen and oxygen atoms in total. The molecule has 0 heterocycles. The molecular formula is C10H12ClF2N. The van der Waals surface area contributed by atoms with Crippen LogP contribution >= 0.6 is 11.6 Å². The smallest absolute Gasteiger partial charge is 0.129 e. The van der Waals surface area contributed by atoms with Gasteiger partial charge in [-0.05, 0) is 25.1 Å². The van der Waals surface area contributed by atoms with Crippen LogP contribution in [0.4, 0.5) is 8.78 Å². The summed E-state index contributed by atoms with van der Waals surface area (Å²) in [6, 6.07) is 4.03. The van der Waals surface area contributed by atoms with E-state index in [2.05, 4.69) is 0 Å². The van der Waals surface area contributed by atoms with Gasteiger partial charge in [-0.15, -0.1) is 11.6 Å². The Morgan fingerprint density at radius 1 is 1.36 bits per heavy atom. The van der Waals surface area contributed by atoms with Crippen LogP contribution in [0, 0.1) is 11.6 Å². The summed E-state index contributed by atoms with van der Waals surface area (Å²) in [4.78, 5) is 1.85. The minimum atomic E-state index is -0.544. The van der Waals surface area contributed by atoms with Crippen LogP contribution in [-0.2, 0) is 6.42 Å². The number of likely N-dealkylation sites (N-methyl/N-ethyl adjacent to an activating group) is 1. The average Bonchev–Trinajstić information content (AvgIpc) is 2.16. The highest BCUT2D eigenvalue weighted by Crippen LogP contribution is 2.10. The number of rotatable bonds is 4. The van der Waals surface area contributed by atoms with Gasteiger partial charge in [0.2, 0.25) is 0 Å². The number of benzene rings is 1. The molecule has 0 spiro atoms. The molecule has 0 N–H and O–H groups in total. The van der Waals surface area contributed by atoms with Crippen LogP contribution in [0.5, 0.6) is 0 Å². The quantitative estimate of drug-likeness (QED) is 0.556. The summed E-state index contributed by atoms with van der Waals surface area (Å²) in [5.41, 5.74) is 0.517. The lowest BCUT2D eigenvalue weighted by Gasteiger charge is -2.12. The molecule has 4 heteroatoms. The second kappa shape index (κ2) is 5.27. The van der Waals surface area contributed by atoms with Crippen LogP contribution in [0.15, 0.2) is 18.2 Å². The van der Waals surface area contributed by atoms with Crippen LogP contribution in [0.3, 0.4) is 0 Å². The molecule has 0 fully saturated rings. The van der Waals surface area contributed by atoms with E-state index < -0.39 is 11.6 Å². The maximum atomic E-state index is 13.1. The molecule has 1 aromatic carbocycles. The van der Waals surface area contributed by atoms with Gasteiger partial charge in [0, 0.05) is 12.6 Å². The number of nitrogens with zero attached hydrogens (tertiary/aromatic N) is 1. The predicted octanol–water partition coefficient (Wildman–Crippen LogP) is 2.64. The van der Waals surface area contributed by atoms with Crippen molar-refractivity contribution in [3.05, 3.63) is 35.4 Å². The molecule has 1 rings (SSSR count). The monoisotopic (exact) mass is 219 g/mol. The zero-order valence-corrected chi connectivity index (χ0v) is 8.69. The third-order valence-electron chi connectivity index (χ3n) is 1.98. The van der Waals surface area contributed by atoms with Gasteiger partial charge in [0.1, 0.15) is 11.6 Å². The summed E-state index contributed by atoms with van der Waals surface area (Å²) < 4.78 is 25.7. The van der Waals surface area contributed by atoms with Gasteiger partial charge < -0.3 is 0 Å². The largest absolute Gasteiger partial charge is 0.293 e. The summed E-state index contributed by atoms with van der Waals surface area (Å²) in [6.45, 7) is 0.659.